The molecule has 0 aliphatic carbocycles. The summed E-state index contributed by atoms with van der Waals surface area (Å²) in [4.78, 5) is 15.3. The lowest BCUT2D eigenvalue weighted by Gasteiger charge is -2.18. The molecular weight excluding hydrogens is 267 g/mol. The highest BCUT2D eigenvalue weighted by atomic mass is 32.1. The maximum absolute atomic E-state index is 13.8. The van der Waals surface area contributed by atoms with E-state index < -0.39 is 11.8 Å². The van der Waals surface area contributed by atoms with Crippen LogP contribution in [0.4, 0.5) is 10.1 Å². The summed E-state index contributed by atoms with van der Waals surface area (Å²) >= 11 is 1.45. The lowest BCUT2D eigenvalue weighted by atomic mass is 10.1. The third kappa shape index (κ3) is 2.90. The topological polar surface area (TPSA) is 62.2 Å². The lowest BCUT2D eigenvalue weighted by Crippen LogP contribution is -2.14. The molecule has 1 aromatic carbocycles. The molecule has 6 heteroatoms. The SMILES string of the molecule is CCC(Nc1c(F)cccc1C(=O)O)c1nccs1. The van der Waals surface area contributed by atoms with Gasteiger partial charge in [0.05, 0.1) is 17.3 Å². The summed E-state index contributed by atoms with van der Waals surface area (Å²) < 4.78 is 13.8. The Hall–Kier alpha value is -1.95. The number of para-hydroxylation sites is 1. The first-order valence-corrected chi connectivity index (χ1v) is 6.69. The molecule has 2 N–H and O–H groups in total. The van der Waals surface area contributed by atoms with E-state index in [1.807, 2.05) is 12.3 Å². The number of halogens is 1. The highest BCUT2D eigenvalue weighted by Crippen LogP contribution is 2.28. The van der Waals surface area contributed by atoms with Gasteiger partial charge >= 0.3 is 5.97 Å². The Morgan fingerprint density at radius 3 is 2.95 bits per heavy atom. The van der Waals surface area contributed by atoms with Gasteiger partial charge in [-0.3, -0.25) is 0 Å². The van der Waals surface area contributed by atoms with Crippen molar-refractivity contribution in [3.05, 3.63) is 46.2 Å². The van der Waals surface area contributed by atoms with Crippen LogP contribution in [-0.2, 0) is 0 Å². The maximum Gasteiger partial charge on any atom is 0.337 e. The summed E-state index contributed by atoms with van der Waals surface area (Å²) in [5, 5.41) is 14.7. The third-order valence-corrected chi connectivity index (χ3v) is 3.61. The molecule has 0 amide bonds. The van der Waals surface area contributed by atoms with Crippen LogP contribution in [0.3, 0.4) is 0 Å². The highest BCUT2D eigenvalue weighted by molar-refractivity contribution is 7.09. The van der Waals surface area contributed by atoms with E-state index in [0.717, 1.165) is 5.01 Å². The zero-order valence-corrected chi connectivity index (χ0v) is 11.1. The molecule has 0 fully saturated rings. The van der Waals surface area contributed by atoms with Gasteiger partial charge in [-0.05, 0) is 18.6 Å². The molecule has 1 atom stereocenters. The van der Waals surface area contributed by atoms with Crippen molar-refractivity contribution >= 4 is 23.0 Å². The largest absolute Gasteiger partial charge is 0.478 e. The predicted octanol–water partition coefficient (Wildman–Crippen LogP) is 3.54. The van der Waals surface area contributed by atoms with Crippen molar-refractivity contribution in [2.45, 2.75) is 19.4 Å². The second-order valence-corrected chi connectivity index (χ2v) is 4.87. The van der Waals surface area contributed by atoms with Crippen molar-refractivity contribution in [1.82, 2.24) is 4.98 Å². The second-order valence-electron chi connectivity index (χ2n) is 3.94. The van der Waals surface area contributed by atoms with Crippen molar-refractivity contribution in [3.63, 3.8) is 0 Å². The number of hydrogen-bond donors (Lipinski definition) is 2. The van der Waals surface area contributed by atoms with Crippen LogP contribution >= 0.6 is 11.3 Å². The Kier molecular flexibility index (Phi) is 4.11. The fraction of sp³-hybridized carbons (Fsp3) is 0.231. The van der Waals surface area contributed by atoms with Crippen molar-refractivity contribution in [2.24, 2.45) is 0 Å². The minimum atomic E-state index is -1.16. The van der Waals surface area contributed by atoms with E-state index in [0.29, 0.717) is 6.42 Å². The molecule has 0 spiro atoms. The molecule has 0 radical (unpaired) electrons. The van der Waals surface area contributed by atoms with E-state index >= 15 is 0 Å². The smallest absolute Gasteiger partial charge is 0.337 e. The van der Waals surface area contributed by atoms with Gasteiger partial charge in [0.25, 0.3) is 0 Å². The van der Waals surface area contributed by atoms with Gasteiger partial charge in [0.15, 0.2) is 0 Å². The predicted molar refractivity (Wildman–Crippen MR) is 72.1 cm³/mol. The Bertz CT molecular complexity index is 572. The summed E-state index contributed by atoms with van der Waals surface area (Å²) in [6.07, 6.45) is 2.35. The molecule has 0 aliphatic heterocycles. The zero-order valence-electron chi connectivity index (χ0n) is 10.3. The molecule has 0 aliphatic rings. The first-order chi connectivity index (χ1) is 9.13. The number of aromatic carboxylic acids is 1. The molecule has 100 valence electrons. The van der Waals surface area contributed by atoms with Crippen LogP contribution in [-0.4, -0.2) is 16.1 Å². The minimum absolute atomic E-state index is 0.0112. The van der Waals surface area contributed by atoms with Gasteiger partial charge in [0.1, 0.15) is 10.8 Å². The van der Waals surface area contributed by atoms with Crippen LogP contribution in [0.5, 0.6) is 0 Å². The normalized spacial score (nSPS) is 12.1. The number of nitrogens with one attached hydrogen (secondary N) is 1. The number of carboxylic acids is 1. The van der Waals surface area contributed by atoms with Gasteiger partial charge in [-0.15, -0.1) is 11.3 Å². The molecule has 1 aromatic heterocycles. The number of thiazole rings is 1. The maximum atomic E-state index is 13.8. The molecular formula is C13H13FN2O2S. The molecule has 2 aromatic rings. The van der Waals surface area contributed by atoms with Gasteiger partial charge < -0.3 is 10.4 Å². The average Bonchev–Trinajstić information content (AvgIpc) is 2.90. The van der Waals surface area contributed by atoms with Crippen LogP contribution < -0.4 is 5.32 Å². The van der Waals surface area contributed by atoms with Crippen molar-refractivity contribution in [2.75, 3.05) is 5.32 Å². The first-order valence-electron chi connectivity index (χ1n) is 5.81. The second kappa shape index (κ2) is 5.79. The summed E-state index contributed by atoms with van der Waals surface area (Å²) in [7, 11) is 0. The summed E-state index contributed by atoms with van der Waals surface area (Å²) in [5.41, 5.74) is -0.0629. The van der Waals surface area contributed by atoms with Gasteiger partial charge in [0, 0.05) is 11.6 Å². The quantitative estimate of drug-likeness (QED) is 0.879. The standard InChI is InChI=1S/C13H13FN2O2S/c1-2-10(12-15-6-7-19-12)16-11-8(13(17)18)4-3-5-9(11)14/h3-7,10,16H,2H2,1H3,(H,17,18). The lowest BCUT2D eigenvalue weighted by molar-refractivity contribution is 0.0697. The number of carbonyl (C=O) groups is 1. The van der Waals surface area contributed by atoms with Crippen LogP contribution in [0, 0.1) is 5.82 Å². The average molecular weight is 280 g/mol. The Balaban J connectivity index is 2.34. The van der Waals surface area contributed by atoms with E-state index in [-0.39, 0.29) is 17.3 Å². The Morgan fingerprint density at radius 2 is 2.37 bits per heavy atom. The van der Waals surface area contributed by atoms with Crippen LogP contribution in [0.15, 0.2) is 29.8 Å². The number of benzene rings is 1. The summed E-state index contributed by atoms with van der Waals surface area (Å²) in [6, 6.07) is 3.80. The van der Waals surface area contributed by atoms with Crippen molar-refractivity contribution in [1.29, 1.82) is 0 Å². The highest BCUT2D eigenvalue weighted by Gasteiger charge is 2.19. The van der Waals surface area contributed by atoms with E-state index in [2.05, 4.69) is 10.3 Å². The van der Waals surface area contributed by atoms with Gasteiger partial charge in [-0.25, -0.2) is 14.2 Å². The Morgan fingerprint density at radius 1 is 1.58 bits per heavy atom. The molecule has 0 saturated heterocycles. The van der Waals surface area contributed by atoms with Gasteiger partial charge in [-0.2, -0.15) is 0 Å². The molecule has 1 heterocycles. The molecule has 19 heavy (non-hydrogen) atoms. The van der Waals surface area contributed by atoms with E-state index in [9.17, 15) is 9.18 Å². The fourth-order valence-electron chi connectivity index (χ4n) is 1.77. The number of carboxylic acid groups (broad SMARTS) is 1. The van der Waals surface area contributed by atoms with Crippen molar-refractivity contribution in [3.8, 4) is 0 Å². The molecule has 2 rings (SSSR count). The fourth-order valence-corrected chi connectivity index (χ4v) is 2.54. The Labute approximate surface area is 113 Å². The van der Waals surface area contributed by atoms with Gasteiger partial charge in [-0.1, -0.05) is 13.0 Å². The third-order valence-electron chi connectivity index (χ3n) is 2.72. The van der Waals surface area contributed by atoms with Crippen molar-refractivity contribution < 1.29 is 14.3 Å². The van der Waals surface area contributed by atoms with E-state index in [1.165, 1.54) is 29.5 Å². The minimum Gasteiger partial charge on any atom is -0.478 e. The first kappa shape index (κ1) is 13.5. The number of nitrogens with zero attached hydrogens (tertiary/aromatic N) is 1. The monoisotopic (exact) mass is 280 g/mol. The van der Waals surface area contributed by atoms with Gasteiger partial charge in [0.2, 0.25) is 0 Å². The number of aromatic nitrogens is 1. The molecule has 4 nitrogen and oxygen atoms in total. The van der Waals surface area contributed by atoms with Crippen LogP contribution in [0.2, 0.25) is 0 Å². The summed E-state index contributed by atoms with van der Waals surface area (Å²) in [5.74, 6) is -1.73. The van der Waals surface area contributed by atoms with Crippen LogP contribution in [0.1, 0.15) is 34.8 Å². The number of rotatable bonds is 5. The molecule has 0 bridgehead atoms. The summed E-state index contributed by atoms with van der Waals surface area (Å²) in [6.45, 7) is 1.93. The number of hydrogen-bond acceptors (Lipinski definition) is 4. The molecule has 0 saturated carbocycles. The van der Waals surface area contributed by atoms with Crippen LogP contribution in [0.25, 0.3) is 0 Å². The van der Waals surface area contributed by atoms with E-state index in [4.69, 9.17) is 5.11 Å². The molecule has 1 unspecified atom stereocenters. The number of anilines is 1. The van der Waals surface area contributed by atoms with E-state index in [1.54, 1.807) is 6.20 Å². The zero-order chi connectivity index (χ0) is 13.8.